The average Bonchev–Trinajstić information content (AvgIpc) is 3.53. The molecule has 1 amide bonds. The lowest BCUT2D eigenvalue weighted by Crippen LogP contribution is -2.36. The van der Waals surface area contributed by atoms with Crippen molar-refractivity contribution >= 4 is 39.3 Å². The van der Waals surface area contributed by atoms with E-state index in [2.05, 4.69) is 15.5 Å². The van der Waals surface area contributed by atoms with Crippen LogP contribution in [0.5, 0.6) is 5.75 Å². The summed E-state index contributed by atoms with van der Waals surface area (Å²) in [7, 11) is 0. The van der Waals surface area contributed by atoms with Crippen molar-refractivity contribution in [2.24, 2.45) is 0 Å². The van der Waals surface area contributed by atoms with Gasteiger partial charge in [0.15, 0.2) is 0 Å². The second-order valence-electron chi connectivity index (χ2n) is 7.18. The molecule has 1 N–H and O–H groups in total. The van der Waals surface area contributed by atoms with Crippen molar-refractivity contribution in [3.05, 3.63) is 51.8 Å². The summed E-state index contributed by atoms with van der Waals surface area (Å²) in [6.45, 7) is 4.69. The molecule has 35 heavy (non-hydrogen) atoms. The number of furan rings is 1. The van der Waals surface area contributed by atoms with Crippen molar-refractivity contribution in [2.75, 3.05) is 43.1 Å². The van der Waals surface area contributed by atoms with Crippen molar-refractivity contribution in [1.29, 1.82) is 5.26 Å². The van der Waals surface area contributed by atoms with Crippen molar-refractivity contribution in [3.8, 4) is 23.1 Å². The number of anilines is 2. The van der Waals surface area contributed by atoms with Crippen LogP contribution in [-0.4, -0.2) is 53.9 Å². The SMILES string of the molecule is CCOc1ccc(-c2ccc(C=C(C#N)C(=O)Nc3nnc(N4CCOCC4)s3)o2)c([N+](=O)[O-])c1. The number of carbonyl (C=O) groups excluding carboxylic acids is 1. The molecule has 12 nitrogen and oxygen atoms in total. The third kappa shape index (κ3) is 5.62. The van der Waals surface area contributed by atoms with E-state index >= 15 is 0 Å². The number of nitriles is 1. The van der Waals surface area contributed by atoms with Crippen LogP contribution >= 0.6 is 11.3 Å². The second-order valence-corrected chi connectivity index (χ2v) is 8.14. The lowest BCUT2D eigenvalue weighted by atomic mass is 10.1. The molecule has 0 atom stereocenters. The number of amides is 1. The maximum atomic E-state index is 12.6. The van der Waals surface area contributed by atoms with Crippen LogP contribution in [0.2, 0.25) is 0 Å². The molecule has 180 valence electrons. The number of nitro benzene ring substituents is 1. The Hall–Kier alpha value is -4.28. The summed E-state index contributed by atoms with van der Waals surface area (Å²) in [6.07, 6.45) is 1.25. The molecular formula is C22H20N6O6S. The van der Waals surface area contributed by atoms with Crippen LogP contribution in [0.4, 0.5) is 16.0 Å². The summed E-state index contributed by atoms with van der Waals surface area (Å²) >= 11 is 1.19. The summed E-state index contributed by atoms with van der Waals surface area (Å²) in [4.78, 5) is 25.6. The van der Waals surface area contributed by atoms with E-state index in [-0.39, 0.29) is 33.5 Å². The number of carbonyl (C=O) groups is 1. The van der Waals surface area contributed by atoms with E-state index in [0.29, 0.717) is 43.8 Å². The predicted octanol–water partition coefficient (Wildman–Crippen LogP) is 3.49. The molecule has 4 rings (SSSR count). The number of nitrogens with one attached hydrogen (secondary N) is 1. The number of benzene rings is 1. The summed E-state index contributed by atoms with van der Waals surface area (Å²) in [6, 6.07) is 9.32. The van der Waals surface area contributed by atoms with Gasteiger partial charge in [0.1, 0.15) is 28.9 Å². The third-order valence-electron chi connectivity index (χ3n) is 4.94. The van der Waals surface area contributed by atoms with Crippen molar-refractivity contribution in [2.45, 2.75) is 6.92 Å². The van der Waals surface area contributed by atoms with Gasteiger partial charge in [-0.3, -0.25) is 20.2 Å². The largest absolute Gasteiger partial charge is 0.494 e. The zero-order valence-electron chi connectivity index (χ0n) is 18.6. The second kappa shape index (κ2) is 10.8. The van der Waals surface area contributed by atoms with Crippen molar-refractivity contribution in [1.82, 2.24) is 10.2 Å². The highest BCUT2D eigenvalue weighted by molar-refractivity contribution is 7.19. The van der Waals surface area contributed by atoms with E-state index in [9.17, 15) is 20.2 Å². The maximum absolute atomic E-state index is 12.6. The van der Waals surface area contributed by atoms with Gasteiger partial charge in [-0.15, -0.1) is 10.2 Å². The Morgan fingerprint density at radius 3 is 2.86 bits per heavy atom. The Labute approximate surface area is 203 Å². The first-order chi connectivity index (χ1) is 17.0. The van der Waals surface area contributed by atoms with Crippen LogP contribution in [0.3, 0.4) is 0 Å². The zero-order chi connectivity index (χ0) is 24.8. The van der Waals surface area contributed by atoms with Gasteiger partial charge in [-0.25, -0.2) is 0 Å². The average molecular weight is 497 g/mol. The first-order valence-corrected chi connectivity index (χ1v) is 11.4. The number of ether oxygens (including phenoxy) is 2. The fourth-order valence-electron chi connectivity index (χ4n) is 3.31. The standard InChI is InChI=1S/C22H20N6O6S/c1-2-33-15-3-5-17(18(12-15)28(30)31)19-6-4-16(34-19)11-14(13-23)20(29)24-21-25-26-22(35-21)27-7-9-32-10-8-27/h3-6,11-12H,2,7-10H2,1H3,(H,24,25,29). The number of morpholine rings is 1. The van der Waals surface area contributed by atoms with Gasteiger partial charge in [0.2, 0.25) is 10.3 Å². The van der Waals surface area contributed by atoms with E-state index in [1.165, 1.54) is 41.7 Å². The molecule has 0 radical (unpaired) electrons. The Morgan fingerprint density at radius 1 is 1.34 bits per heavy atom. The van der Waals surface area contributed by atoms with Crippen molar-refractivity contribution in [3.63, 3.8) is 0 Å². The number of nitro groups is 1. The smallest absolute Gasteiger partial charge is 0.284 e. The molecule has 3 aromatic rings. The number of hydrogen-bond donors (Lipinski definition) is 1. The van der Waals surface area contributed by atoms with Crippen LogP contribution in [-0.2, 0) is 9.53 Å². The fourth-order valence-corrected chi connectivity index (χ4v) is 4.10. The third-order valence-corrected chi connectivity index (χ3v) is 5.84. The minimum absolute atomic E-state index is 0.182. The lowest BCUT2D eigenvalue weighted by molar-refractivity contribution is -0.384. The van der Waals surface area contributed by atoms with Gasteiger partial charge in [-0.2, -0.15) is 5.26 Å². The Balaban J connectivity index is 1.50. The van der Waals surface area contributed by atoms with Gasteiger partial charge >= 0.3 is 0 Å². The minimum atomic E-state index is -0.679. The molecule has 0 unspecified atom stereocenters. The Kier molecular flexibility index (Phi) is 7.34. The van der Waals surface area contributed by atoms with Crippen LogP contribution in [0.15, 0.2) is 40.3 Å². The van der Waals surface area contributed by atoms with Gasteiger partial charge < -0.3 is 18.8 Å². The summed E-state index contributed by atoms with van der Waals surface area (Å²) < 4.78 is 16.3. The van der Waals surface area contributed by atoms with Gasteiger partial charge in [0.25, 0.3) is 11.6 Å². The molecule has 0 spiro atoms. The van der Waals surface area contributed by atoms with E-state index in [4.69, 9.17) is 13.9 Å². The van der Waals surface area contributed by atoms with E-state index in [0.717, 1.165) is 0 Å². The Morgan fingerprint density at radius 2 is 2.14 bits per heavy atom. The molecule has 1 aliphatic heterocycles. The molecule has 2 aromatic heterocycles. The highest BCUT2D eigenvalue weighted by Crippen LogP contribution is 2.34. The fraction of sp³-hybridized carbons (Fsp3) is 0.273. The number of rotatable bonds is 8. The van der Waals surface area contributed by atoms with Gasteiger partial charge in [-0.1, -0.05) is 11.3 Å². The normalized spacial score (nSPS) is 13.8. The minimum Gasteiger partial charge on any atom is -0.494 e. The molecule has 0 aliphatic carbocycles. The van der Waals surface area contributed by atoms with E-state index in [1.54, 1.807) is 13.0 Å². The van der Waals surface area contributed by atoms with Crippen LogP contribution in [0, 0.1) is 21.4 Å². The number of hydrogen-bond acceptors (Lipinski definition) is 11. The molecule has 1 saturated heterocycles. The maximum Gasteiger partial charge on any atom is 0.284 e. The number of aromatic nitrogens is 2. The number of nitrogens with zero attached hydrogens (tertiary/aromatic N) is 5. The van der Waals surface area contributed by atoms with Gasteiger partial charge in [0, 0.05) is 19.2 Å². The predicted molar refractivity (Wildman–Crippen MR) is 127 cm³/mol. The molecule has 1 fully saturated rings. The highest BCUT2D eigenvalue weighted by Gasteiger charge is 2.21. The molecular weight excluding hydrogens is 476 g/mol. The summed E-state index contributed by atoms with van der Waals surface area (Å²) in [5.41, 5.74) is -0.174. The van der Waals surface area contributed by atoms with Crippen LogP contribution in [0.1, 0.15) is 12.7 Å². The first kappa shape index (κ1) is 23.9. The Bertz CT molecular complexity index is 1300. The topological polar surface area (TPSA) is 157 Å². The molecule has 1 aromatic carbocycles. The summed E-state index contributed by atoms with van der Waals surface area (Å²) in [5, 5.41) is 32.5. The molecule has 0 bridgehead atoms. The highest BCUT2D eigenvalue weighted by atomic mass is 32.1. The summed E-state index contributed by atoms with van der Waals surface area (Å²) in [5.74, 6) is 0.0813. The molecule has 3 heterocycles. The molecule has 1 aliphatic rings. The monoisotopic (exact) mass is 496 g/mol. The zero-order valence-corrected chi connectivity index (χ0v) is 19.4. The van der Waals surface area contributed by atoms with Gasteiger partial charge in [-0.05, 0) is 31.2 Å². The van der Waals surface area contributed by atoms with E-state index < -0.39 is 10.8 Å². The lowest BCUT2D eigenvalue weighted by Gasteiger charge is -2.25. The quantitative estimate of drug-likeness (QED) is 0.212. The van der Waals surface area contributed by atoms with Gasteiger partial charge in [0.05, 0.1) is 36.4 Å². The first-order valence-electron chi connectivity index (χ1n) is 10.6. The molecule has 13 heteroatoms. The van der Waals surface area contributed by atoms with Crippen molar-refractivity contribution < 1.29 is 23.6 Å². The van der Waals surface area contributed by atoms with E-state index in [1.807, 2.05) is 11.0 Å². The van der Waals surface area contributed by atoms with Crippen LogP contribution < -0.4 is 15.0 Å². The van der Waals surface area contributed by atoms with Crippen LogP contribution in [0.25, 0.3) is 17.4 Å². The molecule has 0 saturated carbocycles.